The first-order chi connectivity index (χ1) is 13.8. The zero-order valence-corrected chi connectivity index (χ0v) is 20.5. The summed E-state index contributed by atoms with van der Waals surface area (Å²) in [6, 6.07) is 11.5. The van der Waals surface area contributed by atoms with E-state index in [-0.39, 0.29) is 16.7 Å². The molecule has 1 amide bonds. The summed E-state index contributed by atoms with van der Waals surface area (Å²) in [4.78, 5) is 17.6. The van der Waals surface area contributed by atoms with Gasteiger partial charge in [0.15, 0.2) is 5.17 Å². The maximum atomic E-state index is 12.5. The van der Waals surface area contributed by atoms with Gasteiger partial charge in [0, 0.05) is 15.6 Å². The summed E-state index contributed by atoms with van der Waals surface area (Å²) in [5, 5.41) is 14.3. The maximum Gasteiger partial charge on any atom is 0.264 e. The third kappa shape index (κ3) is 5.16. The number of hydrogen-bond acceptors (Lipinski definition) is 4. The molecule has 6 heteroatoms. The molecule has 1 saturated heterocycles. The second-order valence-electron chi connectivity index (χ2n) is 9.42. The van der Waals surface area contributed by atoms with Crippen molar-refractivity contribution < 1.29 is 9.90 Å². The molecule has 0 radical (unpaired) electrons. The number of nitrogens with one attached hydrogen (secondary N) is 1. The highest BCUT2D eigenvalue weighted by atomic mass is 79.9. The largest absolute Gasteiger partial charge is 0.507 e. The first kappa shape index (κ1) is 22.6. The number of hydrogen-bond donors (Lipinski definition) is 2. The third-order valence-electron chi connectivity index (χ3n) is 4.75. The third-order valence-corrected chi connectivity index (χ3v) is 6.19. The van der Waals surface area contributed by atoms with E-state index in [1.807, 2.05) is 42.5 Å². The fourth-order valence-corrected chi connectivity index (χ4v) is 4.25. The van der Waals surface area contributed by atoms with E-state index in [1.165, 1.54) is 11.8 Å². The second-order valence-corrected chi connectivity index (χ2v) is 11.4. The van der Waals surface area contributed by atoms with Crippen LogP contribution in [-0.4, -0.2) is 16.2 Å². The Hall–Kier alpha value is -2.05. The summed E-state index contributed by atoms with van der Waals surface area (Å²) in [6.07, 6.45) is 1.87. The van der Waals surface area contributed by atoms with Crippen LogP contribution in [0.5, 0.6) is 5.75 Å². The Kier molecular flexibility index (Phi) is 6.21. The molecule has 1 aliphatic rings. The van der Waals surface area contributed by atoms with Gasteiger partial charge in [-0.2, -0.15) is 0 Å². The number of carbonyl (C=O) groups excluding carboxylic acids is 1. The zero-order chi connectivity index (χ0) is 22.3. The topological polar surface area (TPSA) is 61.7 Å². The van der Waals surface area contributed by atoms with E-state index in [0.29, 0.717) is 15.8 Å². The monoisotopic (exact) mass is 486 g/mol. The molecule has 4 nitrogen and oxygen atoms in total. The predicted octanol–water partition coefficient (Wildman–Crippen LogP) is 6.64. The van der Waals surface area contributed by atoms with Gasteiger partial charge in [0.05, 0.1) is 10.6 Å². The van der Waals surface area contributed by atoms with Crippen LogP contribution in [0.1, 0.15) is 58.2 Å². The Labute approximate surface area is 191 Å². The number of aromatic hydroxyl groups is 1. The molecule has 158 valence electrons. The number of nitrogens with zero attached hydrogens (tertiary/aromatic N) is 1. The van der Waals surface area contributed by atoms with Gasteiger partial charge in [-0.1, -0.05) is 57.5 Å². The SMILES string of the molecule is CC(C)(C)c1cc(C=C2SC(=Nc3ccc(Br)cc3)NC2=O)cc(C(C)(C)C)c1O. The molecule has 0 aromatic heterocycles. The highest BCUT2D eigenvalue weighted by molar-refractivity contribution is 9.10. The number of rotatable bonds is 2. The van der Waals surface area contributed by atoms with Gasteiger partial charge < -0.3 is 10.4 Å². The van der Waals surface area contributed by atoms with Crippen LogP contribution in [0.25, 0.3) is 6.08 Å². The standard InChI is InChI=1S/C24H27BrN2O2S/c1-23(2,3)17-11-14(12-18(20(17)28)24(4,5)6)13-19-21(29)27-22(30-19)26-16-9-7-15(25)8-10-16/h7-13,28H,1-6H3,(H,26,27,29). The summed E-state index contributed by atoms with van der Waals surface area (Å²) in [5.41, 5.74) is 2.96. The normalized spacial score (nSPS) is 17.6. The van der Waals surface area contributed by atoms with Crippen molar-refractivity contribution in [2.45, 2.75) is 52.4 Å². The molecule has 2 aromatic carbocycles. The van der Waals surface area contributed by atoms with Crippen molar-refractivity contribution in [1.29, 1.82) is 0 Å². The van der Waals surface area contributed by atoms with Gasteiger partial charge in [-0.15, -0.1) is 0 Å². The van der Waals surface area contributed by atoms with Gasteiger partial charge >= 0.3 is 0 Å². The second kappa shape index (κ2) is 8.23. The first-order valence-electron chi connectivity index (χ1n) is 9.78. The number of aliphatic imine (C=N–C) groups is 1. The minimum Gasteiger partial charge on any atom is -0.507 e. The van der Waals surface area contributed by atoms with E-state index in [1.54, 1.807) is 0 Å². The Morgan fingerprint density at radius 1 is 1.00 bits per heavy atom. The number of amidine groups is 1. The average Bonchev–Trinajstić information content (AvgIpc) is 2.95. The zero-order valence-electron chi connectivity index (χ0n) is 18.1. The summed E-state index contributed by atoms with van der Waals surface area (Å²) < 4.78 is 0.979. The van der Waals surface area contributed by atoms with Gasteiger partial charge in [-0.05, 0) is 70.6 Å². The molecular formula is C24H27BrN2O2S. The number of benzene rings is 2. The van der Waals surface area contributed by atoms with E-state index in [2.05, 4.69) is 67.8 Å². The molecule has 1 fully saturated rings. The molecule has 2 N–H and O–H groups in total. The van der Waals surface area contributed by atoms with E-state index in [4.69, 9.17) is 0 Å². The lowest BCUT2D eigenvalue weighted by Gasteiger charge is -2.28. The highest BCUT2D eigenvalue weighted by Crippen LogP contribution is 2.40. The molecule has 0 unspecified atom stereocenters. The van der Waals surface area contributed by atoms with Crippen LogP contribution in [0.3, 0.4) is 0 Å². The van der Waals surface area contributed by atoms with E-state index < -0.39 is 0 Å². The molecule has 0 atom stereocenters. The fourth-order valence-electron chi connectivity index (χ4n) is 3.15. The van der Waals surface area contributed by atoms with Gasteiger partial charge in [-0.3, -0.25) is 4.79 Å². The van der Waals surface area contributed by atoms with Crippen molar-refractivity contribution in [3.8, 4) is 5.75 Å². The van der Waals surface area contributed by atoms with Crippen molar-refractivity contribution >= 4 is 50.5 Å². The molecule has 0 spiro atoms. The number of phenols is 1. The quantitative estimate of drug-likeness (QED) is 0.467. The smallest absolute Gasteiger partial charge is 0.264 e. The molecule has 0 bridgehead atoms. The number of carbonyl (C=O) groups is 1. The maximum absolute atomic E-state index is 12.5. The molecule has 1 aliphatic heterocycles. The van der Waals surface area contributed by atoms with Crippen molar-refractivity contribution in [2.24, 2.45) is 4.99 Å². The van der Waals surface area contributed by atoms with E-state index >= 15 is 0 Å². The minimum absolute atomic E-state index is 0.168. The molecule has 0 saturated carbocycles. The molecule has 0 aliphatic carbocycles. The lowest BCUT2D eigenvalue weighted by molar-refractivity contribution is -0.115. The van der Waals surface area contributed by atoms with Crippen molar-refractivity contribution in [3.63, 3.8) is 0 Å². The van der Waals surface area contributed by atoms with Crippen LogP contribution >= 0.6 is 27.7 Å². The number of amides is 1. The summed E-state index contributed by atoms with van der Waals surface area (Å²) >= 11 is 4.73. The average molecular weight is 487 g/mol. The van der Waals surface area contributed by atoms with Crippen LogP contribution in [0, 0.1) is 0 Å². The highest BCUT2D eigenvalue weighted by Gasteiger charge is 2.28. The molecular weight excluding hydrogens is 460 g/mol. The predicted molar refractivity (Wildman–Crippen MR) is 130 cm³/mol. The first-order valence-corrected chi connectivity index (χ1v) is 11.4. The summed E-state index contributed by atoms with van der Waals surface area (Å²) in [5.74, 6) is 0.164. The van der Waals surface area contributed by atoms with Gasteiger partial charge in [-0.25, -0.2) is 4.99 Å². The molecule has 1 heterocycles. The van der Waals surface area contributed by atoms with Crippen molar-refractivity contribution in [2.75, 3.05) is 0 Å². The van der Waals surface area contributed by atoms with Crippen molar-refractivity contribution in [1.82, 2.24) is 5.32 Å². The van der Waals surface area contributed by atoms with Crippen LogP contribution in [-0.2, 0) is 15.6 Å². The molecule has 30 heavy (non-hydrogen) atoms. The Bertz CT molecular complexity index is 1010. The van der Waals surface area contributed by atoms with Gasteiger partial charge in [0.2, 0.25) is 0 Å². The Morgan fingerprint density at radius 3 is 2.03 bits per heavy atom. The van der Waals surface area contributed by atoms with E-state index in [0.717, 1.165) is 26.9 Å². The molecule has 3 rings (SSSR count). The fraction of sp³-hybridized carbons (Fsp3) is 0.333. The lowest BCUT2D eigenvalue weighted by Crippen LogP contribution is -2.19. The molecule has 2 aromatic rings. The van der Waals surface area contributed by atoms with Gasteiger partial charge in [0.1, 0.15) is 5.75 Å². The number of thioether (sulfide) groups is 1. The summed E-state index contributed by atoms with van der Waals surface area (Å²) in [7, 11) is 0. The number of phenolic OH excluding ortho intramolecular Hbond substituents is 1. The summed E-state index contributed by atoms with van der Waals surface area (Å²) in [6.45, 7) is 12.4. The Balaban J connectivity index is 2.00. The Morgan fingerprint density at radius 2 is 1.53 bits per heavy atom. The van der Waals surface area contributed by atoms with E-state index in [9.17, 15) is 9.90 Å². The minimum atomic E-state index is -0.224. The van der Waals surface area contributed by atoms with Crippen LogP contribution < -0.4 is 5.32 Å². The van der Waals surface area contributed by atoms with Crippen LogP contribution in [0.4, 0.5) is 5.69 Å². The number of halogens is 1. The van der Waals surface area contributed by atoms with Crippen molar-refractivity contribution in [3.05, 3.63) is 62.5 Å². The lowest BCUT2D eigenvalue weighted by atomic mass is 9.78. The van der Waals surface area contributed by atoms with Gasteiger partial charge in [0.25, 0.3) is 5.91 Å². The van der Waals surface area contributed by atoms with Crippen LogP contribution in [0.2, 0.25) is 0 Å². The van der Waals surface area contributed by atoms with Crippen LogP contribution in [0.15, 0.2) is 50.8 Å².